The van der Waals surface area contributed by atoms with Crippen LogP contribution in [0, 0.1) is 6.92 Å². The molecule has 3 rings (SSSR count). The summed E-state index contributed by atoms with van der Waals surface area (Å²) in [6, 6.07) is 0. The average molecular weight is 302 g/mol. The molecule has 7 nitrogen and oxygen atoms in total. The van der Waals surface area contributed by atoms with Gasteiger partial charge in [-0.15, -0.1) is 0 Å². The smallest absolute Gasteiger partial charge is 0.236 e. The van der Waals surface area contributed by atoms with Gasteiger partial charge in [-0.05, 0) is 30.0 Å². The first-order chi connectivity index (χ1) is 10.7. The molecule has 3 heterocycles. The van der Waals surface area contributed by atoms with Crippen LogP contribution in [-0.2, 0) is 35.5 Å². The fourth-order valence-corrected chi connectivity index (χ4v) is 2.71. The molecule has 116 valence electrons. The van der Waals surface area contributed by atoms with Crippen LogP contribution in [0.4, 0.5) is 0 Å². The second kappa shape index (κ2) is 6.23. The van der Waals surface area contributed by atoms with Gasteiger partial charge in [0.25, 0.3) is 0 Å². The molecule has 0 N–H and O–H groups in total. The van der Waals surface area contributed by atoms with Crippen molar-refractivity contribution >= 4 is 5.91 Å². The van der Waals surface area contributed by atoms with E-state index in [4.69, 9.17) is 9.26 Å². The second-order valence-electron chi connectivity index (χ2n) is 5.35. The molecular formula is C15H18N4O3. The zero-order chi connectivity index (χ0) is 15.5. The number of carbonyl (C=O) groups is 1. The number of aromatic nitrogens is 3. The van der Waals surface area contributed by atoms with Crippen LogP contribution in [0.2, 0.25) is 0 Å². The Morgan fingerprint density at radius 3 is 3.05 bits per heavy atom. The van der Waals surface area contributed by atoms with Crippen molar-refractivity contribution in [3.05, 3.63) is 40.8 Å². The van der Waals surface area contributed by atoms with Gasteiger partial charge in [0, 0.05) is 32.6 Å². The molecule has 0 fully saturated rings. The summed E-state index contributed by atoms with van der Waals surface area (Å²) < 4.78 is 10.2. The molecule has 0 atom stereocenters. The van der Waals surface area contributed by atoms with E-state index in [9.17, 15) is 4.79 Å². The SMILES string of the molecule is COCc1cncc2c1CCN(C(=O)Cc1nc(C)no1)C2. The normalized spacial score (nSPS) is 14.0. The monoisotopic (exact) mass is 302 g/mol. The molecule has 7 heteroatoms. The summed E-state index contributed by atoms with van der Waals surface area (Å²) in [5, 5.41) is 3.70. The highest BCUT2D eigenvalue weighted by Crippen LogP contribution is 2.22. The number of hydrogen-bond donors (Lipinski definition) is 0. The van der Waals surface area contributed by atoms with Crippen LogP contribution in [0.25, 0.3) is 0 Å². The minimum absolute atomic E-state index is 0.00792. The summed E-state index contributed by atoms with van der Waals surface area (Å²) in [6.07, 6.45) is 4.61. The van der Waals surface area contributed by atoms with Crippen molar-refractivity contribution in [3.63, 3.8) is 0 Å². The van der Waals surface area contributed by atoms with E-state index in [0.717, 1.165) is 17.5 Å². The number of fused-ring (bicyclic) bond motifs is 1. The van der Waals surface area contributed by atoms with E-state index in [1.165, 1.54) is 5.56 Å². The average Bonchev–Trinajstić information content (AvgIpc) is 2.92. The van der Waals surface area contributed by atoms with Gasteiger partial charge >= 0.3 is 0 Å². The summed E-state index contributed by atoms with van der Waals surface area (Å²) >= 11 is 0. The fraction of sp³-hybridized carbons (Fsp3) is 0.467. The van der Waals surface area contributed by atoms with Gasteiger partial charge < -0.3 is 14.2 Å². The molecular weight excluding hydrogens is 284 g/mol. The first-order valence-corrected chi connectivity index (χ1v) is 7.18. The number of aryl methyl sites for hydroxylation is 1. The summed E-state index contributed by atoms with van der Waals surface area (Å²) in [7, 11) is 1.67. The Bertz CT molecular complexity index is 683. The van der Waals surface area contributed by atoms with Crippen molar-refractivity contribution in [3.8, 4) is 0 Å². The Labute approximate surface area is 128 Å². The predicted octanol–water partition coefficient (Wildman–Crippen LogP) is 1.05. The first kappa shape index (κ1) is 14.6. The number of rotatable bonds is 4. The largest absolute Gasteiger partial charge is 0.380 e. The van der Waals surface area contributed by atoms with E-state index < -0.39 is 0 Å². The Kier molecular flexibility index (Phi) is 4.15. The summed E-state index contributed by atoms with van der Waals surface area (Å²) in [5.74, 6) is 0.895. The van der Waals surface area contributed by atoms with Crippen molar-refractivity contribution < 1.29 is 14.1 Å². The summed E-state index contributed by atoms with van der Waals surface area (Å²) in [6.45, 7) is 3.52. The van der Waals surface area contributed by atoms with E-state index in [1.54, 1.807) is 18.9 Å². The third kappa shape index (κ3) is 2.99. The lowest BCUT2D eigenvalue weighted by Crippen LogP contribution is -2.37. The van der Waals surface area contributed by atoms with Gasteiger partial charge in [0.1, 0.15) is 6.42 Å². The lowest BCUT2D eigenvalue weighted by Gasteiger charge is -2.29. The highest BCUT2D eigenvalue weighted by atomic mass is 16.5. The van der Waals surface area contributed by atoms with Crippen molar-refractivity contribution in [1.29, 1.82) is 0 Å². The Balaban J connectivity index is 1.71. The quantitative estimate of drug-likeness (QED) is 0.839. The van der Waals surface area contributed by atoms with E-state index in [0.29, 0.717) is 31.4 Å². The maximum Gasteiger partial charge on any atom is 0.236 e. The molecule has 1 aliphatic heterocycles. The van der Waals surface area contributed by atoms with E-state index in [2.05, 4.69) is 15.1 Å². The molecule has 0 radical (unpaired) electrons. The molecule has 0 aliphatic carbocycles. The number of ether oxygens (including phenoxy) is 1. The van der Waals surface area contributed by atoms with Gasteiger partial charge in [0.15, 0.2) is 5.82 Å². The maximum atomic E-state index is 12.4. The Hall–Kier alpha value is -2.28. The summed E-state index contributed by atoms with van der Waals surface area (Å²) in [4.78, 5) is 22.5. The highest BCUT2D eigenvalue weighted by Gasteiger charge is 2.24. The first-order valence-electron chi connectivity index (χ1n) is 7.18. The van der Waals surface area contributed by atoms with Crippen molar-refractivity contribution in [2.45, 2.75) is 32.9 Å². The molecule has 0 saturated heterocycles. The van der Waals surface area contributed by atoms with Gasteiger partial charge in [-0.1, -0.05) is 5.16 Å². The van der Waals surface area contributed by atoms with Crippen molar-refractivity contribution in [1.82, 2.24) is 20.0 Å². The van der Waals surface area contributed by atoms with Gasteiger partial charge in [0.05, 0.1) is 6.61 Å². The van der Waals surface area contributed by atoms with Crippen LogP contribution in [0.1, 0.15) is 28.4 Å². The van der Waals surface area contributed by atoms with E-state index in [-0.39, 0.29) is 12.3 Å². The van der Waals surface area contributed by atoms with Gasteiger partial charge in [-0.25, -0.2) is 0 Å². The molecule has 1 amide bonds. The molecule has 0 unspecified atom stereocenters. The molecule has 0 spiro atoms. The molecule has 1 aliphatic rings. The fourth-order valence-electron chi connectivity index (χ4n) is 2.71. The van der Waals surface area contributed by atoms with Crippen LogP contribution in [-0.4, -0.2) is 39.6 Å². The number of carbonyl (C=O) groups excluding carboxylic acids is 1. The summed E-state index contributed by atoms with van der Waals surface area (Å²) in [5.41, 5.74) is 3.42. The number of hydrogen-bond acceptors (Lipinski definition) is 6. The molecule has 0 saturated carbocycles. The number of pyridine rings is 1. The molecule has 2 aromatic heterocycles. The number of amides is 1. The van der Waals surface area contributed by atoms with E-state index in [1.807, 2.05) is 12.4 Å². The van der Waals surface area contributed by atoms with Crippen LogP contribution in [0.5, 0.6) is 0 Å². The van der Waals surface area contributed by atoms with Gasteiger partial charge in [-0.3, -0.25) is 9.78 Å². The highest BCUT2D eigenvalue weighted by molar-refractivity contribution is 5.78. The van der Waals surface area contributed by atoms with Gasteiger partial charge in [-0.2, -0.15) is 4.98 Å². The predicted molar refractivity (Wildman–Crippen MR) is 76.8 cm³/mol. The zero-order valence-corrected chi connectivity index (χ0v) is 12.7. The van der Waals surface area contributed by atoms with E-state index >= 15 is 0 Å². The van der Waals surface area contributed by atoms with Gasteiger partial charge in [0.2, 0.25) is 11.8 Å². The van der Waals surface area contributed by atoms with Crippen LogP contribution < -0.4 is 0 Å². The van der Waals surface area contributed by atoms with Crippen LogP contribution >= 0.6 is 0 Å². The lowest BCUT2D eigenvalue weighted by molar-refractivity contribution is -0.131. The molecule has 2 aromatic rings. The van der Waals surface area contributed by atoms with Crippen LogP contribution in [0.15, 0.2) is 16.9 Å². The molecule has 0 aromatic carbocycles. The minimum atomic E-state index is -0.00792. The van der Waals surface area contributed by atoms with Crippen molar-refractivity contribution in [2.75, 3.05) is 13.7 Å². The third-order valence-electron chi connectivity index (χ3n) is 3.75. The number of nitrogens with zero attached hydrogens (tertiary/aromatic N) is 4. The Morgan fingerprint density at radius 2 is 2.32 bits per heavy atom. The number of methoxy groups -OCH3 is 1. The zero-order valence-electron chi connectivity index (χ0n) is 12.7. The second-order valence-corrected chi connectivity index (χ2v) is 5.35. The Morgan fingerprint density at radius 1 is 1.45 bits per heavy atom. The maximum absolute atomic E-state index is 12.4. The van der Waals surface area contributed by atoms with Crippen molar-refractivity contribution in [2.24, 2.45) is 0 Å². The standard InChI is InChI=1S/C15H18N4O3/c1-10-17-14(22-18-10)5-15(20)19-4-3-13-11(8-19)6-16-7-12(13)9-21-2/h6-7H,3-5,8-9H2,1-2H3. The minimum Gasteiger partial charge on any atom is -0.380 e. The van der Waals surface area contributed by atoms with Crippen LogP contribution in [0.3, 0.4) is 0 Å². The molecule has 22 heavy (non-hydrogen) atoms. The third-order valence-corrected chi connectivity index (χ3v) is 3.75. The topological polar surface area (TPSA) is 81.4 Å². The lowest BCUT2D eigenvalue weighted by atomic mass is 9.97. The molecule has 0 bridgehead atoms.